The van der Waals surface area contributed by atoms with Gasteiger partial charge in [0.1, 0.15) is 0 Å². The Morgan fingerprint density at radius 3 is 2.60 bits per heavy atom. The minimum absolute atomic E-state index is 0. The topological polar surface area (TPSA) is 83.2 Å². The van der Waals surface area contributed by atoms with Gasteiger partial charge in [0, 0.05) is 10.9 Å². The van der Waals surface area contributed by atoms with E-state index in [2.05, 4.69) is 15.5 Å². The van der Waals surface area contributed by atoms with Crippen molar-refractivity contribution in [3.63, 3.8) is 0 Å². The molecule has 0 unspecified atom stereocenters. The van der Waals surface area contributed by atoms with Crippen LogP contribution in [0, 0.1) is 6.92 Å². The molecule has 7 heteroatoms. The summed E-state index contributed by atoms with van der Waals surface area (Å²) in [5.74, 6) is -1.28. The summed E-state index contributed by atoms with van der Waals surface area (Å²) in [6, 6.07) is 7.16. The molecule has 98 valence electrons. The molecule has 0 aliphatic rings. The summed E-state index contributed by atoms with van der Waals surface area (Å²) in [7, 11) is 0. The van der Waals surface area contributed by atoms with E-state index in [0.29, 0.717) is 0 Å². The molecular weight excluding hydrogens is 283 g/mol. The number of nitrogens with zero attached hydrogens (tertiary/aromatic N) is 4. The van der Waals surface area contributed by atoms with Gasteiger partial charge in [-0.05, 0) is 35.0 Å². The van der Waals surface area contributed by atoms with E-state index in [0.717, 1.165) is 16.5 Å². The van der Waals surface area contributed by atoms with Crippen LogP contribution >= 0.6 is 0 Å². The maximum Gasteiger partial charge on any atom is 1.00 e. The van der Waals surface area contributed by atoms with Crippen LogP contribution in [0.1, 0.15) is 29.8 Å². The van der Waals surface area contributed by atoms with E-state index in [4.69, 9.17) is 0 Å². The van der Waals surface area contributed by atoms with E-state index in [9.17, 15) is 9.90 Å². The number of carboxylic acids is 1. The van der Waals surface area contributed by atoms with Crippen LogP contribution in [0.4, 0.5) is 0 Å². The molecular formula is C13H13KN4O2. The Kier molecular flexibility index (Phi) is 6.22. The van der Waals surface area contributed by atoms with E-state index in [-0.39, 0.29) is 62.6 Å². The third-order valence-electron chi connectivity index (χ3n) is 2.64. The SMILES string of the molecule is CC.Cc1ccc2cc(C(=O)[O-])c3nnnn3c2c1.[K+]. The zero-order valence-corrected chi connectivity index (χ0v) is 15.0. The molecule has 0 radical (unpaired) electrons. The number of fused-ring (bicyclic) bond motifs is 3. The second-order valence-electron chi connectivity index (χ2n) is 3.82. The number of aromatic carboxylic acids is 1. The van der Waals surface area contributed by atoms with Crippen molar-refractivity contribution in [3.05, 3.63) is 35.4 Å². The van der Waals surface area contributed by atoms with Crippen LogP contribution < -0.4 is 56.5 Å². The molecule has 0 bridgehead atoms. The maximum absolute atomic E-state index is 11.0. The van der Waals surface area contributed by atoms with Crippen LogP contribution in [0.3, 0.4) is 0 Å². The quantitative estimate of drug-likeness (QED) is 0.484. The summed E-state index contributed by atoms with van der Waals surface area (Å²) >= 11 is 0. The number of aryl methyl sites for hydroxylation is 1. The number of aromatic nitrogens is 4. The predicted molar refractivity (Wildman–Crippen MR) is 68.7 cm³/mol. The van der Waals surface area contributed by atoms with E-state index in [1.807, 2.05) is 39.0 Å². The molecule has 20 heavy (non-hydrogen) atoms. The van der Waals surface area contributed by atoms with Gasteiger partial charge in [-0.15, -0.1) is 5.10 Å². The zero-order chi connectivity index (χ0) is 14.0. The number of carbonyl (C=O) groups excluding carboxylic acids is 1. The molecule has 0 saturated heterocycles. The molecule has 0 aliphatic carbocycles. The summed E-state index contributed by atoms with van der Waals surface area (Å²) in [5, 5.41) is 22.8. The van der Waals surface area contributed by atoms with E-state index >= 15 is 0 Å². The Balaban J connectivity index is 0.000000639. The molecule has 0 spiro atoms. The third-order valence-corrected chi connectivity index (χ3v) is 2.64. The number of rotatable bonds is 1. The molecule has 0 aliphatic heterocycles. The third kappa shape index (κ3) is 3.07. The van der Waals surface area contributed by atoms with Crippen molar-refractivity contribution >= 4 is 22.5 Å². The monoisotopic (exact) mass is 296 g/mol. The molecule has 3 aromatic rings. The minimum atomic E-state index is -1.28. The molecule has 0 atom stereocenters. The maximum atomic E-state index is 11.0. The Hall–Kier alpha value is -0.864. The first-order chi connectivity index (χ1) is 9.16. The molecule has 1 aromatic carbocycles. The van der Waals surface area contributed by atoms with Crippen LogP contribution in [0.5, 0.6) is 0 Å². The molecule has 0 saturated carbocycles. The summed E-state index contributed by atoms with van der Waals surface area (Å²) < 4.78 is 1.41. The van der Waals surface area contributed by atoms with Gasteiger partial charge in [0.25, 0.3) is 0 Å². The second-order valence-corrected chi connectivity index (χ2v) is 3.82. The molecule has 0 fully saturated rings. The van der Waals surface area contributed by atoms with Crippen LogP contribution in [0.25, 0.3) is 16.6 Å². The summed E-state index contributed by atoms with van der Waals surface area (Å²) in [5.41, 5.74) is 2.01. The fourth-order valence-corrected chi connectivity index (χ4v) is 1.85. The largest absolute Gasteiger partial charge is 1.00 e. The Labute approximate surface area is 158 Å². The van der Waals surface area contributed by atoms with Crippen molar-refractivity contribution in [2.75, 3.05) is 0 Å². The van der Waals surface area contributed by atoms with E-state index in [1.54, 1.807) is 0 Å². The first kappa shape index (κ1) is 17.2. The fourth-order valence-electron chi connectivity index (χ4n) is 1.85. The number of benzene rings is 1. The number of carbonyl (C=O) groups is 1. The van der Waals surface area contributed by atoms with Crippen LogP contribution in [0.15, 0.2) is 24.3 Å². The summed E-state index contributed by atoms with van der Waals surface area (Å²) in [6.45, 7) is 5.95. The fraction of sp³-hybridized carbons (Fsp3) is 0.231. The number of tetrazole rings is 1. The van der Waals surface area contributed by atoms with Crippen molar-refractivity contribution in [1.82, 2.24) is 20.0 Å². The number of carboxylic acid groups (broad SMARTS) is 1. The standard InChI is InChI=1S/C11H8N4O2.C2H6.K/c1-6-2-3-7-5-8(11(16)17)10-12-13-14-15(10)9(7)4-6;1-2;/h2-5H,1H3,(H,16,17);1-2H3;/q;;+1/p-1. The van der Waals surface area contributed by atoms with Crippen LogP contribution in [-0.4, -0.2) is 26.0 Å². The second kappa shape index (κ2) is 7.23. The first-order valence-corrected chi connectivity index (χ1v) is 5.99. The van der Waals surface area contributed by atoms with Gasteiger partial charge in [0.05, 0.1) is 11.5 Å². The summed E-state index contributed by atoms with van der Waals surface area (Å²) in [6.07, 6.45) is 0. The van der Waals surface area contributed by atoms with Gasteiger partial charge in [-0.2, -0.15) is 4.52 Å². The Morgan fingerprint density at radius 1 is 1.25 bits per heavy atom. The first-order valence-electron chi connectivity index (χ1n) is 5.99. The van der Waals surface area contributed by atoms with Gasteiger partial charge in [-0.25, -0.2) is 0 Å². The molecule has 0 amide bonds. The Morgan fingerprint density at radius 2 is 1.95 bits per heavy atom. The molecule has 0 N–H and O–H groups in total. The molecule has 2 aromatic heterocycles. The van der Waals surface area contributed by atoms with Crippen LogP contribution in [-0.2, 0) is 0 Å². The number of pyridine rings is 1. The smallest absolute Gasteiger partial charge is 0.545 e. The van der Waals surface area contributed by atoms with Gasteiger partial charge in [-0.1, -0.05) is 26.0 Å². The Bertz CT molecular complexity index is 755. The normalized spacial score (nSPS) is 9.75. The average molecular weight is 296 g/mol. The van der Waals surface area contributed by atoms with Crippen molar-refractivity contribution in [3.8, 4) is 0 Å². The summed E-state index contributed by atoms with van der Waals surface area (Å²) in [4.78, 5) is 11.0. The molecule has 2 heterocycles. The van der Waals surface area contributed by atoms with E-state index < -0.39 is 5.97 Å². The number of hydrogen-bond acceptors (Lipinski definition) is 5. The minimum Gasteiger partial charge on any atom is -0.545 e. The van der Waals surface area contributed by atoms with E-state index in [1.165, 1.54) is 10.6 Å². The molecule has 6 nitrogen and oxygen atoms in total. The van der Waals surface area contributed by atoms with Gasteiger partial charge < -0.3 is 9.90 Å². The van der Waals surface area contributed by atoms with Crippen molar-refractivity contribution in [2.45, 2.75) is 20.8 Å². The predicted octanol–water partition coefficient (Wildman–Crippen LogP) is -2.02. The average Bonchev–Trinajstić information content (AvgIpc) is 2.89. The van der Waals surface area contributed by atoms with Crippen molar-refractivity contribution < 1.29 is 61.3 Å². The van der Waals surface area contributed by atoms with Crippen molar-refractivity contribution in [1.29, 1.82) is 0 Å². The zero-order valence-electron chi connectivity index (χ0n) is 11.9. The van der Waals surface area contributed by atoms with Gasteiger partial charge >= 0.3 is 51.4 Å². The number of hydrogen-bond donors (Lipinski definition) is 0. The van der Waals surface area contributed by atoms with Gasteiger partial charge in [-0.3, -0.25) is 0 Å². The van der Waals surface area contributed by atoms with Gasteiger partial charge in [0.2, 0.25) is 0 Å². The molecule has 3 rings (SSSR count). The van der Waals surface area contributed by atoms with Crippen molar-refractivity contribution in [2.24, 2.45) is 0 Å². The van der Waals surface area contributed by atoms with Crippen LogP contribution in [0.2, 0.25) is 0 Å². The van der Waals surface area contributed by atoms with Gasteiger partial charge in [0.15, 0.2) is 5.65 Å².